The molecule has 0 atom stereocenters. The quantitative estimate of drug-likeness (QED) is 0.858. The van der Waals surface area contributed by atoms with Gasteiger partial charge in [0.05, 0.1) is 24.3 Å². The van der Waals surface area contributed by atoms with E-state index in [1.807, 2.05) is 35.2 Å². The number of imidazole rings is 1. The van der Waals surface area contributed by atoms with E-state index < -0.39 is 0 Å². The monoisotopic (exact) mass is 256 g/mol. The lowest BCUT2D eigenvalue weighted by molar-refractivity contribution is 0.191. The van der Waals surface area contributed by atoms with E-state index in [1.54, 1.807) is 6.33 Å². The SMILES string of the molecule is O=C(NCc1ccccc1)N1CCc2nc[nH]c2C1. The van der Waals surface area contributed by atoms with Crippen molar-refractivity contribution in [1.29, 1.82) is 0 Å². The lowest BCUT2D eigenvalue weighted by atomic mass is 10.1. The fraction of sp³-hybridized carbons (Fsp3) is 0.286. The zero-order valence-electron chi connectivity index (χ0n) is 10.6. The highest BCUT2D eigenvalue weighted by Gasteiger charge is 2.21. The van der Waals surface area contributed by atoms with Gasteiger partial charge in [-0.1, -0.05) is 30.3 Å². The summed E-state index contributed by atoms with van der Waals surface area (Å²) < 4.78 is 0. The van der Waals surface area contributed by atoms with E-state index in [9.17, 15) is 4.79 Å². The first-order chi connectivity index (χ1) is 9.33. The number of hydrogen-bond acceptors (Lipinski definition) is 2. The zero-order valence-corrected chi connectivity index (χ0v) is 10.6. The maximum Gasteiger partial charge on any atom is 0.318 e. The van der Waals surface area contributed by atoms with Gasteiger partial charge in [0.15, 0.2) is 0 Å². The summed E-state index contributed by atoms with van der Waals surface area (Å²) >= 11 is 0. The predicted octanol–water partition coefficient (Wildman–Crippen LogP) is 1.68. The highest BCUT2D eigenvalue weighted by atomic mass is 16.2. The van der Waals surface area contributed by atoms with Gasteiger partial charge in [0.1, 0.15) is 0 Å². The number of nitrogens with zero attached hydrogens (tertiary/aromatic N) is 2. The maximum atomic E-state index is 12.1. The minimum Gasteiger partial charge on any atom is -0.347 e. The molecule has 5 heteroatoms. The van der Waals surface area contributed by atoms with Gasteiger partial charge >= 0.3 is 6.03 Å². The molecule has 0 saturated heterocycles. The normalized spacial score (nSPS) is 14.0. The highest BCUT2D eigenvalue weighted by molar-refractivity contribution is 5.74. The Bertz CT molecular complexity index is 564. The molecule has 0 unspecified atom stereocenters. The van der Waals surface area contributed by atoms with E-state index in [0.717, 1.165) is 29.9 Å². The van der Waals surface area contributed by atoms with E-state index in [1.165, 1.54) is 0 Å². The van der Waals surface area contributed by atoms with Gasteiger partial charge in [-0.2, -0.15) is 0 Å². The van der Waals surface area contributed by atoms with Gasteiger partial charge in [-0.05, 0) is 5.56 Å². The molecule has 0 fully saturated rings. The summed E-state index contributed by atoms with van der Waals surface area (Å²) in [6.07, 6.45) is 2.51. The first-order valence-corrected chi connectivity index (χ1v) is 6.41. The van der Waals surface area contributed by atoms with Gasteiger partial charge < -0.3 is 15.2 Å². The van der Waals surface area contributed by atoms with Crippen LogP contribution < -0.4 is 5.32 Å². The third kappa shape index (κ3) is 2.59. The molecule has 0 radical (unpaired) electrons. The number of urea groups is 1. The fourth-order valence-corrected chi connectivity index (χ4v) is 2.27. The average Bonchev–Trinajstić information content (AvgIpc) is 2.93. The second-order valence-electron chi connectivity index (χ2n) is 4.64. The Hall–Kier alpha value is -2.30. The fourth-order valence-electron chi connectivity index (χ4n) is 2.27. The lowest BCUT2D eigenvalue weighted by Gasteiger charge is -2.26. The number of carbonyl (C=O) groups excluding carboxylic acids is 1. The van der Waals surface area contributed by atoms with Crippen molar-refractivity contribution in [3.63, 3.8) is 0 Å². The van der Waals surface area contributed by atoms with E-state index in [2.05, 4.69) is 15.3 Å². The molecule has 1 aromatic heterocycles. The number of H-pyrrole nitrogens is 1. The number of aromatic nitrogens is 2. The third-order valence-corrected chi connectivity index (χ3v) is 3.35. The standard InChI is InChI=1S/C14H16N4O/c19-14(15-8-11-4-2-1-3-5-11)18-7-6-12-13(9-18)17-10-16-12/h1-5,10H,6-9H2,(H,15,19)(H,16,17). The number of benzene rings is 1. The van der Waals surface area contributed by atoms with Crippen LogP contribution in [0.1, 0.15) is 17.0 Å². The van der Waals surface area contributed by atoms with E-state index >= 15 is 0 Å². The summed E-state index contributed by atoms with van der Waals surface area (Å²) in [5, 5.41) is 2.94. The molecule has 1 aliphatic heterocycles. The minimum atomic E-state index is -0.0240. The maximum absolute atomic E-state index is 12.1. The Kier molecular flexibility index (Phi) is 3.18. The molecule has 1 aliphatic rings. The average molecular weight is 256 g/mol. The van der Waals surface area contributed by atoms with Crippen molar-refractivity contribution in [2.24, 2.45) is 0 Å². The van der Waals surface area contributed by atoms with E-state index in [0.29, 0.717) is 13.1 Å². The van der Waals surface area contributed by atoms with Crippen LogP contribution in [0.5, 0.6) is 0 Å². The molecule has 1 aromatic carbocycles. The summed E-state index contributed by atoms with van der Waals surface area (Å²) in [6, 6.07) is 9.89. The van der Waals surface area contributed by atoms with Crippen LogP contribution in [-0.4, -0.2) is 27.4 Å². The number of aromatic amines is 1. The molecule has 2 N–H and O–H groups in total. The van der Waals surface area contributed by atoms with Gasteiger partial charge in [-0.15, -0.1) is 0 Å². The summed E-state index contributed by atoms with van der Waals surface area (Å²) in [4.78, 5) is 21.2. The van der Waals surface area contributed by atoms with Crippen molar-refractivity contribution < 1.29 is 4.79 Å². The van der Waals surface area contributed by atoms with Crippen molar-refractivity contribution in [3.05, 3.63) is 53.6 Å². The van der Waals surface area contributed by atoms with Gasteiger partial charge in [-0.3, -0.25) is 0 Å². The molecule has 5 nitrogen and oxygen atoms in total. The molecule has 0 spiro atoms. The molecular formula is C14H16N4O. The second kappa shape index (κ2) is 5.14. The van der Waals surface area contributed by atoms with Gasteiger partial charge in [0, 0.05) is 19.5 Å². The third-order valence-electron chi connectivity index (χ3n) is 3.35. The number of amides is 2. The van der Waals surface area contributed by atoms with Gasteiger partial charge in [0.25, 0.3) is 0 Å². The zero-order chi connectivity index (χ0) is 13.1. The van der Waals surface area contributed by atoms with Crippen LogP contribution in [0.3, 0.4) is 0 Å². The molecular weight excluding hydrogens is 240 g/mol. The van der Waals surface area contributed by atoms with Crippen molar-refractivity contribution in [2.45, 2.75) is 19.5 Å². The Balaban J connectivity index is 1.57. The summed E-state index contributed by atoms with van der Waals surface area (Å²) in [5.74, 6) is 0. The molecule has 0 aliphatic carbocycles. The van der Waals surface area contributed by atoms with Crippen LogP contribution in [0.2, 0.25) is 0 Å². The summed E-state index contributed by atoms with van der Waals surface area (Å²) in [6.45, 7) is 1.89. The predicted molar refractivity (Wildman–Crippen MR) is 71.4 cm³/mol. The highest BCUT2D eigenvalue weighted by Crippen LogP contribution is 2.14. The number of fused-ring (bicyclic) bond motifs is 1. The summed E-state index contributed by atoms with van der Waals surface area (Å²) in [5.41, 5.74) is 3.23. The molecule has 0 bridgehead atoms. The molecule has 19 heavy (non-hydrogen) atoms. The largest absolute Gasteiger partial charge is 0.347 e. The van der Waals surface area contributed by atoms with Crippen LogP contribution in [0.15, 0.2) is 36.7 Å². The molecule has 98 valence electrons. The molecule has 3 rings (SSSR count). The first-order valence-electron chi connectivity index (χ1n) is 6.41. The smallest absolute Gasteiger partial charge is 0.318 e. The number of carbonyl (C=O) groups is 1. The van der Waals surface area contributed by atoms with Crippen LogP contribution in [0, 0.1) is 0 Å². The van der Waals surface area contributed by atoms with Gasteiger partial charge in [0.2, 0.25) is 0 Å². The first kappa shape index (κ1) is 11.8. The van der Waals surface area contributed by atoms with E-state index in [-0.39, 0.29) is 6.03 Å². The van der Waals surface area contributed by atoms with Crippen LogP contribution in [0.25, 0.3) is 0 Å². The number of nitrogens with one attached hydrogen (secondary N) is 2. The Morgan fingerprint density at radius 2 is 2.21 bits per heavy atom. The number of hydrogen-bond donors (Lipinski definition) is 2. The van der Waals surface area contributed by atoms with Crippen LogP contribution >= 0.6 is 0 Å². The molecule has 2 aromatic rings. The second-order valence-corrected chi connectivity index (χ2v) is 4.64. The summed E-state index contributed by atoms with van der Waals surface area (Å²) in [7, 11) is 0. The van der Waals surface area contributed by atoms with Crippen molar-refractivity contribution >= 4 is 6.03 Å². The minimum absolute atomic E-state index is 0.0240. The van der Waals surface area contributed by atoms with Crippen LogP contribution in [-0.2, 0) is 19.5 Å². The number of rotatable bonds is 2. The van der Waals surface area contributed by atoms with Crippen LogP contribution in [0.4, 0.5) is 4.79 Å². The van der Waals surface area contributed by atoms with Crippen molar-refractivity contribution in [3.8, 4) is 0 Å². The van der Waals surface area contributed by atoms with Gasteiger partial charge in [-0.25, -0.2) is 9.78 Å². The van der Waals surface area contributed by atoms with Crippen molar-refractivity contribution in [1.82, 2.24) is 20.2 Å². The van der Waals surface area contributed by atoms with E-state index in [4.69, 9.17) is 0 Å². The molecule has 2 heterocycles. The molecule has 0 saturated carbocycles. The van der Waals surface area contributed by atoms with Crippen molar-refractivity contribution in [2.75, 3.05) is 6.54 Å². The lowest BCUT2D eigenvalue weighted by Crippen LogP contribution is -2.42. The Morgan fingerprint density at radius 3 is 3.05 bits per heavy atom. The Morgan fingerprint density at radius 1 is 1.37 bits per heavy atom. The Labute approximate surface area is 111 Å². The molecule has 2 amide bonds. The topological polar surface area (TPSA) is 61.0 Å².